The first kappa shape index (κ1) is 26.2. The van der Waals surface area contributed by atoms with Crippen molar-refractivity contribution in [3.05, 3.63) is 91.2 Å². The average Bonchev–Trinajstić information content (AvgIpc) is 3.56. The van der Waals surface area contributed by atoms with Gasteiger partial charge in [0.25, 0.3) is 0 Å². The fourth-order valence-electron chi connectivity index (χ4n) is 3.70. The molecule has 11 nitrogen and oxygen atoms in total. The summed E-state index contributed by atoms with van der Waals surface area (Å²) >= 11 is 4.82. The topological polar surface area (TPSA) is 133 Å². The molecule has 196 valence electrons. The molecule has 14 heteroatoms. The number of nitro groups is 1. The quantitative estimate of drug-likeness (QED) is 0.169. The molecule has 0 aliphatic carbocycles. The molecule has 1 aliphatic heterocycles. The Bertz CT molecular complexity index is 1670. The van der Waals surface area contributed by atoms with E-state index in [1.165, 1.54) is 46.1 Å². The number of sulfonamides is 1. The molecule has 0 amide bonds. The Labute approximate surface area is 229 Å². The normalized spacial score (nSPS) is 15.3. The van der Waals surface area contributed by atoms with Crippen molar-refractivity contribution >= 4 is 55.1 Å². The highest BCUT2D eigenvalue weighted by Crippen LogP contribution is 2.25. The van der Waals surface area contributed by atoms with Crippen LogP contribution in [0.5, 0.6) is 0 Å². The Morgan fingerprint density at radius 1 is 1.08 bits per heavy atom. The van der Waals surface area contributed by atoms with Crippen LogP contribution in [0.15, 0.2) is 89.9 Å². The van der Waals surface area contributed by atoms with Crippen LogP contribution in [0.2, 0.25) is 0 Å². The molecule has 1 aliphatic rings. The van der Waals surface area contributed by atoms with E-state index in [0.717, 1.165) is 15.7 Å². The molecule has 0 atom stereocenters. The number of thiazole rings is 1. The highest BCUT2D eigenvalue weighted by Gasteiger charge is 2.26. The van der Waals surface area contributed by atoms with E-state index in [4.69, 9.17) is 9.15 Å². The fraction of sp³-hybridized carbons (Fsp3) is 0.167. The number of ether oxygens (including phenoxy) is 1. The lowest BCUT2D eigenvalue weighted by molar-refractivity contribution is -0.402. The summed E-state index contributed by atoms with van der Waals surface area (Å²) in [7, 11) is -3.62. The Hall–Kier alpha value is -3.43. The van der Waals surface area contributed by atoms with Crippen LogP contribution < -0.4 is 4.80 Å². The van der Waals surface area contributed by atoms with Gasteiger partial charge < -0.3 is 9.15 Å². The second-order valence-electron chi connectivity index (χ2n) is 8.03. The van der Waals surface area contributed by atoms with Crippen LogP contribution in [-0.2, 0) is 14.8 Å². The maximum Gasteiger partial charge on any atom is 0.433 e. The molecule has 0 saturated carbocycles. The van der Waals surface area contributed by atoms with Gasteiger partial charge in [-0.05, 0) is 42.5 Å². The molecule has 38 heavy (non-hydrogen) atoms. The van der Waals surface area contributed by atoms with Crippen LogP contribution in [0, 0.1) is 10.1 Å². The average molecular weight is 618 g/mol. The van der Waals surface area contributed by atoms with Crippen LogP contribution in [0.25, 0.3) is 11.3 Å². The number of hydrogen-bond donors (Lipinski definition) is 0. The van der Waals surface area contributed by atoms with Gasteiger partial charge in [0.2, 0.25) is 14.8 Å². The number of nitrogens with zero attached hydrogens (tertiary/aromatic N) is 5. The summed E-state index contributed by atoms with van der Waals surface area (Å²) in [5, 5.41) is 17.3. The van der Waals surface area contributed by atoms with Gasteiger partial charge >= 0.3 is 5.88 Å². The van der Waals surface area contributed by atoms with Gasteiger partial charge in [0.05, 0.1) is 41.8 Å². The molecule has 1 saturated heterocycles. The Balaban J connectivity index is 1.51. The third-order valence-electron chi connectivity index (χ3n) is 5.57. The van der Waals surface area contributed by atoms with Crippen molar-refractivity contribution in [2.24, 2.45) is 10.1 Å². The smallest absolute Gasteiger partial charge is 0.400 e. The lowest BCUT2D eigenvalue weighted by atomic mass is 10.2. The van der Waals surface area contributed by atoms with E-state index in [1.807, 2.05) is 29.6 Å². The van der Waals surface area contributed by atoms with E-state index < -0.39 is 14.9 Å². The zero-order chi connectivity index (χ0) is 26.7. The molecule has 2 aromatic carbocycles. The van der Waals surface area contributed by atoms with Gasteiger partial charge in [-0.2, -0.15) is 9.41 Å². The van der Waals surface area contributed by atoms with Crippen molar-refractivity contribution in [2.45, 2.75) is 4.90 Å². The number of aromatic nitrogens is 1. The third kappa shape index (κ3) is 5.68. The van der Waals surface area contributed by atoms with Crippen molar-refractivity contribution < 1.29 is 22.5 Å². The standard InChI is InChI=1S/C24H20BrN5O6S2/c25-18-3-1-2-17(14-18)22-16-37-24(29(22)26-15-20-6-9-23(36-20)30(31)32)27-19-4-7-21(8-5-19)38(33,34)28-10-12-35-13-11-28/h1-9,14-16H,10-13H2. The minimum atomic E-state index is -3.62. The van der Waals surface area contributed by atoms with E-state index >= 15 is 0 Å². The molecule has 2 aromatic heterocycles. The molecule has 0 bridgehead atoms. The van der Waals surface area contributed by atoms with Gasteiger partial charge in [-0.15, -0.1) is 11.3 Å². The van der Waals surface area contributed by atoms with Crippen LogP contribution in [-0.4, -0.2) is 54.8 Å². The second kappa shape index (κ2) is 11.1. The number of halogens is 1. The molecule has 0 N–H and O–H groups in total. The van der Waals surface area contributed by atoms with Gasteiger partial charge in [-0.3, -0.25) is 10.1 Å². The second-order valence-corrected chi connectivity index (χ2v) is 11.7. The molecule has 0 unspecified atom stereocenters. The summed E-state index contributed by atoms with van der Waals surface area (Å²) in [4.78, 5) is 15.7. The summed E-state index contributed by atoms with van der Waals surface area (Å²) < 4.78 is 40.2. The van der Waals surface area contributed by atoms with Crippen LogP contribution in [0.4, 0.5) is 11.6 Å². The largest absolute Gasteiger partial charge is 0.433 e. The molecule has 4 aromatic rings. The molecule has 0 spiro atoms. The number of hydrogen-bond acceptors (Lipinski definition) is 9. The third-order valence-corrected chi connectivity index (χ3v) is 8.79. The number of furan rings is 1. The van der Waals surface area contributed by atoms with Crippen LogP contribution >= 0.6 is 27.3 Å². The van der Waals surface area contributed by atoms with Crippen molar-refractivity contribution in [2.75, 3.05) is 26.3 Å². The summed E-state index contributed by atoms with van der Waals surface area (Å²) in [5.74, 6) is -0.176. The van der Waals surface area contributed by atoms with Gasteiger partial charge in [-0.1, -0.05) is 28.1 Å². The molecule has 1 fully saturated rings. The molecule has 5 rings (SSSR count). The van der Waals surface area contributed by atoms with Gasteiger partial charge in [0.1, 0.15) is 4.92 Å². The zero-order valence-electron chi connectivity index (χ0n) is 19.6. The van der Waals surface area contributed by atoms with E-state index in [2.05, 4.69) is 26.0 Å². The number of benzene rings is 2. The highest BCUT2D eigenvalue weighted by molar-refractivity contribution is 9.10. The molecule has 0 radical (unpaired) electrons. The van der Waals surface area contributed by atoms with Crippen LogP contribution in [0.3, 0.4) is 0 Å². The first-order valence-electron chi connectivity index (χ1n) is 11.3. The van der Waals surface area contributed by atoms with Crippen molar-refractivity contribution in [3.63, 3.8) is 0 Å². The van der Waals surface area contributed by atoms with E-state index in [1.54, 1.807) is 16.8 Å². The minimum absolute atomic E-state index is 0.185. The maximum absolute atomic E-state index is 12.9. The Kier molecular flexibility index (Phi) is 7.67. The lowest BCUT2D eigenvalue weighted by Gasteiger charge is -2.26. The predicted octanol–water partition coefficient (Wildman–Crippen LogP) is 4.62. The maximum atomic E-state index is 12.9. The van der Waals surface area contributed by atoms with Crippen molar-refractivity contribution in [1.82, 2.24) is 8.98 Å². The highest BCUT2D eigenvalue weighted by atomic mass is 79.9. The van der Waals surface area contributed by atoms with Gasteiger partial charge in [-0.25, -0.2) is 18.1 Å². The number of rotatable bonds is 7. The summed E-state index contributed by atoms with van der Waals surface area (Å²) in [6.07, 6.45) is 1.37. The van der Waals surface area contributed by atoms with Gasteiger partial charge in [0.15, 0.2) is 5.76 Å². The Morgan fingerprint density at radius 2 is 1.84 bits per heavy atom. The van der Waals surface area contributed by atoms with Crippen LogP contribution in [0.1, 0.15) is 5.76 Å². The summed E-state index contributed by atoms with van der Waals surface area (Å²) in [5.41, 5.74) is 2.14. The van der Waals surface area contributed by atoms with E-state index in [0.29, 0.717) is 36.8 Å². The van der Waals surface area contributed by atoms with E-state index in [-0.39, 0.29) is 16.5 Å². The number of morpholine rings is 1. The van der Waals surface area contributed by atoms with Crippen molar-refractivity contribution in [1.29, 1.82) is 0 Å². The summed E-state index contributed by atoms with van der Waals surface area (Å²) in [6, 6.07) is 16.7. The SMILES string of the molecule is O=[N+]([O-])c1ccc(C=Nn2c(-c3cccc(Br)c3)csc2=Nc2ccc(S(=O)(=O)N3CCOCC3)cc2)o1. The summed E-state index contributed by atoms with van der Waals surface area (Å²) in [6.45, 7) is 1.38. The molecular formula is C24H20BrN5O6S2. The fourth-order valence-corrected chi connectivity index (χ4v) is 6.36. The van der Waals surface area contributed by atoms with E-state index in [9.17, 15) is 18.5 Å². The molecule has 3 heterocycles. The first-order valence-corrected chi connectivity index (χ1v) is 14.4. The predicted molar refractivity (Wildman–Crippen MR) is 145 cm³/mol. The monoisotopic (exact) mass is 617 g/mol. The van der Waals surface area contributed by atoms with Gasteiger partial charge in [0, 0.05) is 28.5 Å². The zero-order valence-corrected chi connectivity index (χ0v) is 22.9. The first-order chi connectivity index (χ1) is 18.3. The van der Waals surface area contributed by atoms with Crippen molar-refractivity contribution in [3.8, 4) is 11.3 Å². The lowest BCUT2D eigenvalue weighted by Crippen LogP contribution is -2.40. The molecular weight excluding hydrogens is 598 g/mol. The Morgan fingerprint density at radius 3 is 2.53 bits per heavy atom. The minimum Gasteiger partial charge on any atom is -0.400 e.